The Bertz CT molecular complexity index is 378. The highest BCUT2D eigenvalue weighted by Gasteiger charge is 1.95. The van der Waals surface area contributed by atoms with Crippen LogP contribution in [0.3, 0.4) is 0 Å². The number of hydrogen-bond acceptors (Lipinski definition) is 3. The first-order chi connectivity index (χ1) is 5.38. The van der Waals surface area contributed by atoms with E-state index in [9.17, 15) is 0 Å². The molecule has 2 aromatic rings. The molecule has 0 bridgehead atoms. The minimum Gasteiger partial charge on any atom is -0.383 e. The number of anilines is 1. The van der Waals surface area contributed by atoms with Crippen LogP contribution in [-0.2, 0) is 0 Å². The van der Waals surface area contributed by atoms with E-state index in [4.69, 9.17) is 5.73 Å². The molecule has 3 nitrogen and oxygen atoms in total. The summed E-state index contributed by atoms with van der Waals surface area (Å²) in [6.07, 6.45) is 1.46. The van der Waals surface area contributed by atoms with Crippen molar-refractivity contribution < 1.29 is 0 Å². The van der Waals surface area contributed by atoms with Crippen molar-refractivity contribution in [2.45, 2.75) is 0 Å². The van der Waals surface area contributed by atoms with Crippen molar-refractivity contribution in [2.75, 3.05) is 5.73 Å². The van der Waals surface area contributed by atoms with Gasteiger partial charge in [-0.3, -0.25) is 0 Å². The SMILES string of the molecule is Nc1ncnc2cc[c]cc12. The van der Waals surface area contributed by atoms with Crippen LogP contribution in [0, 0.1) is 6.07 Å². The van der Waals surface area contributed by atoms with Crippen LogP contribution in [0.5, 0.6) is 0 Å². The molecule has 0 aliphatic rings. The number of nitrogens with zero attached hydrogens (tertiary/aromatic N) is 2. The second-order valence-corrected chi connectivity index (χ2v) is 2.20. The predicted molar refractivity (Wildman–Crippen MR) is 42.8 cm³/mol. The molecule has 1 heterocycles. The van der Waals surface area contributed by atoms with E-state index in [0.29, 0.717) is 5.82 Å². The molecule has 0 fully saturated rings. The molecule has 0 saturated heterocycles. The number of rotatable bonds is 0. The average molecular weight is 144 g/mol. The van der Waals surface area contributed by atoms with Gasteiger partial charge in [-0.15, -0.1) is 0 Å². The van der Waals surface area contributed by atoms with Gasteiger partial charge >= 0.3 is 0 Å². The zero-order valence-corrected chi connectivity index (χ0v) is 5.78. The highest BCUT2D eigenvalue weighted by atomic mass is 14.9. The Morgan fingerprint density at radius 2 is 2.27 bits per heavy atom. The van der Waals surface area contributed by atoms with Crippen LogP contribution < -0.4 is 5.73 Å². The van der Waals surface area contributed by atoms with Gasteiger partial charge in [0.25, 0.3) is 0 Å². The van der Waals surface area contributed by atoms with Gasteiger partial charge in [0.15, 0.2) is 0 Å². The van der Waals surface area contributed by atoms with E-state index in [0.717, 1.165) is 10.9 Å². The third-order valence-electron chi connectivity index (χ3n) is 1.51. The largest absolute Gasteiger partial charge is 0.383 e. The van der Waals surface area contributed by atoms with Gasteiger partial charge in [0, 0.05) is 5.39 Å². The van der Waals surface area contributed by atoms with Crippen LogP contribution in [0.25, 0.3) is 10.9 Å². The Kier molecular flexibility index (Phi) is 1.22. The molecule has 2 rings (SSSR count). The lowest BCUT2D eigenvalue weighted by atomic mass is 10.2. The van der Waals surface area contributed by atoms with Crippen molar-refractivity contribution in [2.24, 2.45) is 0 Å². The first kappa shape index (κ1) is 6.09. The molecule has 0 spiro atoms. The van der Waals surface area contributed by atoms with Crippen LogP contribution in [0.2, 0.25) is 0 Å². The zero-order chi connectivity index (χ0) is 7.68. The van der Waals surface area contributed by atoms with E-state index in [1.54, 1.807) is 12.1 Å². The maximum absolute atomic E-state index is 5.59. The average Bonchev–Trinajstić information content (AvgIpc) is 2.06. The fraction of sp³-hybridized carbons (Fsp3) is 0. The smallest absolute Gasteiger partial charge is 0.134 e. The first-order valence-corrected chi connectivity index (χ1v) is 3.24. The number of benzene rings is 1. The van der Waals surface area contributed by atoms with E-state index in [2.05, 4.69) is 16.0 Å². The predicted octanol–water partition coefficient (Wildman–Crippen LogP) is 1.01. The number of nitrogens with two attached hydrogens (primary N) is 1. The van der Waals surface area contributed by atoms with E-state index >= 15 is 0 Å². The van der Waals surface area contributed by atoms with Gasteiger partial charge in [-0.1, -0.05) is 6.07 Å². The summed E-state index contributed by atoms with van der Waals surface area (Å²) in [5.41, 5.74) is 6.44. The highest BCUT2D eigenvalue weighted by molar-refractivity contribution is 5.87. The van der Waals surface area contributed by atoms with Crippen molar-refractivity contribution in [3.05, 3.63) is 30.6 Å². The summed E-state index contributed by atoms with van der Waals surface area (Å²) in [5, 5.41) is 0.856. The fourth-order valence-corrected chi connectivity index (χ4v) is 0.963. The van der Waals surface area contributed by atoms with Crippen molar-refractivity contribution in [3.63, 3.8) is 0 Å². The lowest BCUT2D eigenvalue weighted by Crippen LogP contribution is -1.92. The van der Waals surface area contributed by atoms with E-state index in [1.807, 2.05) is 6.07 Å². The fourth-order valence-electron chi connectivity index (χ4n) is 0.963. The zero-order valence-electron chi connectivity index (χ0n) is 5.78. The maximum Gasteiger partial charge on any atom is 0.134 e. The van der Waals surface area contributed by atoms with Crippen LogP contribution in [0.15, 0.2) is 24.5 Å². The van der Waals surface area contributed by atoms with Crippen molar-refractivity contribution in [1.82, 2.24) is 9.97 Å². The summed E-state index contributed by atoms with van der Waals surface area (Å²) in [5.74, 6) is 0.506. The number of aromatic nitrogens is 2. The molecule has 0 amide bonds. The van der Waals surface area contributed by atoms with Crippen molar-refractivity contribution >= 4 is 16.7 Å². The van der Waals surface area contributed by atoms with E-state index in [1.165, 1.54) is 6.33 Å². The van der Waals surface area contributed by atoms with Gasteiger partial charge < -0.3 is 5.73 Å². The third-order valence-corrected chi connectivity index (χ3v) is 1.51. The number of nitrogen functional groups attached to an aromatic ring is 1. The normalized spacial score (nSPS) is 10.2. The standard InChI is InChI=1S/C8H6N3/c9-8-6-3-1-2-4-7(6)10-5-11-8/h2-5H,(H2,9,10,11). The molecule has 11 heavy (non-hydrogen) atoms. The highest BCUT2D eigenvalue weighted by Crippen LogP contribution is 2.13. The molecule has 1 radical (unpaired) electrons. The molecule has 0 aliphatic heterocycles. The summed E-state index contributed by atoms with van der Waals surface area (Å²) in [6, 6.07) is 8.35. The minimum absolute atomic E-state index is 0.506. The summed E-state index contributed by atoms with van der Waals surface area (Å²) < 4.78 is 0. The Balaban J connectivity index is 2.91. The minimum atomic E-state index is 0.506. The first-order valence-electron chi connectivity index (χ1n) is 3.24. The summed E-state index contributed by atoms with van der Waals surface area (Å²) in [4.78, 5) is 7.88. The molecule has 1 aromatic carbocycles. The molecule has 2 N–H and O–H groups in total. The van der Waals surface area contributed by atoms with Gasteiger partial charge in [-0.05, 0) is 18.2 Å². The molecule has 1 aromatic heterocycles. The Labute approximate surface area is 63.9 Å². The van der Waals surface area contributed by atoms with Gasteiger partial charge in [0.2, 0.25) is 0 Å². The Hall–Kier alpha value is -1.64. The van der Waals surface area contributed by atoms with Crippen molar-refractivity contribution in [1.29, 1.82) is 0 Å². The molecule has 0 saturated carbocycles. The monoisotopic (exact) mass is 144 g/mol. The summed E-state index contributed by atoms with van der Waals surface area (Å²) in [6.45, 7) is 0. The molecule has 0 atom stereocenters. The summed E-state index contributed by atoms with van der Waals surface area (Å²) in [7, 11) is 0. The maximum atomic E-state index is 5.59. The Morgan fingerprint density at radius 1 is 1.36 bits per heavy atom. The van der Waals surface area contributed by atoms with E-state index < -0.39 is 0 Å². The van der Waals surface area contributed by atoms with Gasteiger partial charge in [0.1, 0.15) is 12.1 Å². The van der Waals surface area contributed by atoms with Crippen LogP contribution in [0.1, 0.15) is 0 Å². The second kappa shape index (κ2) is 2.20. The van der Waals surface area contributed by atoms with Crippen LogP contribution >= 0.6 is 0 Å². The molecular weight excluding hydrogens is 138 g/mol. The lowest BCUT2D eigenvalue weighted by molar-refractivity contribution is 1.23. The van der Waals surface area contributed by atoms with Crippen molar-refractivity contribution in [3.8, 4) is 0 Å². The number of hydrogen-bond donors (Lipinski definition) is 1. The Morgan fingerprint density at radius 3 is 3.09 bits per heavy atom. The molecule has 0 aliphatic carbocycles. The molecule has 3 heteroatoms. The van der Waals surface area contributed by atoms with Gasteiger partial charge in [-0.25, -0.2) is 9.97 Å². The number of fused-ring (bicyclic) bond motifs is 1. The quantitative estimate of drug-likeness (QED) is 0.600. The summed E-state index contributed by atoms with van der Waals surface area (Å²) >= 11 is 0. The van der Waals surface area contributed by atoms with Gasteiger partial charge in [0.05, 0.1) is 5.52 Å². The molecular formula is C8H6N3. The lowest BCUT2D eigenvalue weighted by Gasteiger charge is -1.96. The second-order valence-electron chi connectivity index (χ2n) is 2.20. The van der Waals surface area contributed by atoms with Crippen LogP contribution in [0.4, 0.5) is 5.82 Å². The van der Waals surface area contributed by atoms with E-state index in [-0.39, 0.29) is 0 Å². The van der Waals surface area contributed by atoms with Crippen LogP contribution in [-0.4, -0.2) is 9.97 Å². The molecule has 0 unspecified atom stereocenters. The third kappa shape index (κ3) is 0.902. The molecule has 53 valence electrons. The van der Waals surface area contributed by atoms with Gasteiger partial charge in [-0.2, -0.15) is 0 Å². The topological polar surface area (TPSA) is 51.8 Å².